The standard InChI is InChI=1S/C19H22ClNO4S/c1-6-24-19(23)16-11(3)13(5)26-18(16)21-17(22)12(4)25-15-8-7-14(20)9-10(15)2/h7-9,12H,6H2,1-5H3,(H,21,22)/t12-/m1/s1. The van der Waals surface area contributed by atoms with E-state index in [1.54, 1.807) is 32.0 Å². The van der Waals surface area contributed by atoms with Crippen molar-refractivity contribution in [1.29, 1.82) is 0 Å². The average molecular weight is 396 g/mol. The molecule has 7 heteroatoms. The van der Waals surface area contributed by atoms with Crippen molar-refractivity contribution in [2.45, 2.75) is 40.7 Å². The van der Waals surface area contributed by atoms with Gasteiger partial charge in [-0.15, -0.1) is 11.3 Å². The second-order valence-corrected chi connectivity index (χ2v) is 7.53. The third kappa shape index (κ3) is 4.56. The molecule has 2 aromatic rings. The van der Waals surface area contributed by atoms with Gasteiger partial charge in [-0.3, -0.25) is 4.79 Å². The molecule has 0 bridgehead atoms. The van der Waals surface area contributed by atoms with E-state index in [4.69, 9.17) is 21.1 Å². The highest BCUT2D eigenvalue weighted by molar-refractivity contribution is 7.16. The number of nitrogens with one attached hydrogen (secondary N) is 1. The molecule has 0 unspecified atom stereocenters. The van der Waals surface area contributed by atoms with Crippen LogP contribution >= 0.6 is 22.9 Å². The van der Waals surface area contributed by atoms with E-state index in [-0.39, 0.29) is 12.5 Å². The zero-order valence-corrected chi connectivity index (χ0v) is 17.0. The summed E-state index contributed by atoms with van der Waals surface area (Å²) in [5, 5.41) is 3.88. The van der Waals surface area contributed by atoms with Crippen LogP contribution in [0.4, 0.5) is 5.00 Å². The Morgan fingerprint density at radius 3 is 2.58 bits per heavy atom. The number of esters is 1. The van der Waals surface area contributed by atoms with Crippen molar-refractivity contribution < 1.29 is 19.1 Å². The van der Waals surface area contributed by atoms with Crippen molar-refractivity contribution in [3.63, 3.8) is 0 Å². The Kier molecular flexibility index (Phi) is 6.67. The molecule has 1 atom stereocenters. The number of rotatable bonds is 6. The molecule has 0 aliphatic heterocycles. The number of carbonyl (C=O) groups is 2. The highest BCUT2D eigenvalue weighted by Gasteiger charge is 2.24. The second kappa shape index (κ2) is 8.56. The van der Waals surface area contributed by atoms with Crippen LogP contribution in [0.2, 0.25) is 5.02 Å². The summed E-state index contributed by atoms with van der Waals surface area (Å²) in [5.74, 6) is -0.195. The number of halogens is 1. The van der Waals surface area contributed by atoms with Crippen LogP contribution in [-0.2, 0) is 9.53 Å². The van der Waals surface area contributed by atoms with E-state index in [1.807, 2.05) is 20.8 Å². The summed E-state index contributed by atoms with van der Waals surface area (Å²) in [6.45, 7) is 9.27. The number of aryl methyl sites for hydroxylation is 2. The van der Waals surface area contributed by atoms with Crippen molar-refractivity contribution in [1.82, 2.24) is 0 Å². The zero-order chi connectivity index (χ0) is 19.4. The van der Waals surface area contributed by atoms with Crippen LogP contribution in [0.3, 0.4) is 0 Å². The SMILES string of the molecule is CCOC(=O)c1c(NC(=O)[C@@H](C)Oc2ccc(Cl)cc2C)sc(C)c1C. The Labute approximate surface area is 162 Å². The molecule has 140 valence electrons. The first-order valence-corrected chi connectivity index (χ1v) is 9.44. The quantitative estimate of drug-likeness (QED) is 0.706. The van der Waals surface area contributed by atoms with Gasteiger partial charge in [0.05, 0.1) is 12.2 Å². The molecule has 2 rings (SSSR count). The fourth-order valence-electron chi connectivity index (χ4n) is 2.37. The Balaban J connectivity index is 2.16. The lowest BCUT2D eigenvalue weighted by Gasteiger charge is -2.16. The summed E-state index contributed by atoms with van der Waals surface area (Å²) >= 11 is 7.28. The first kappa shape index (κ1) is 20.3. The lowest BCUT2D eigenvalue weighted by molar-refractivity contribution is -0.122. The van der Waals surface area contributed by atoms with Gasteiger partial charge in [0.15, 0.2) is 6.10 Å². The number of hydrogen-bond acceptors (Lipinski definition) is 5. The van der Waals surface area contributed by atoms with Gasteiger partial charge in [-0.2, -0.15) is 0 Å². The van der Waals surface area contributed by atoms with Crippen molar-refractivity contribution in [2.75, 3.05) is 11.9 Å². The number of hydrogen-bond donors (Lipinski definition) is 1. The lowest BCUT2D eigenvalue weighted by Crippen LogP contribution is -2.30. The molecule has 0 aliphatic rings. The summed E-state index contributed by atoms with van der Waals surface area (Å²) < 4.78 is 10.8. The Morgan fingerprint density at radius 2 is 1.96 bits per heavy atom. The fourth-order valence-corrected chi connectivity index (χ4v) is 3.64. The van der Waals surface area contributed by atoms with Gasteiger partial charge in [0, 0.05) is 9.90 Å². The molecular formula is C19H22ClNO4S. The van der Waals surface area contributed by atoms with Crippen LogP contribution < -0.4 is 10.1 Å². The molecule has 1 amide bonds. The monoisotopic (exact) mass is 395 g/mol. The van der Waals surface area contributed by atoms with E-state index >= 15 is 0 Å². The predicted molar refractivity (Wildman–Crippen MR) is 105 cm³/mol. The number of anilines is 1. The van der Waals surface area contributed by atoms with E-state index in [0.29, 0.717) is 21.3 Å². The van der Waals surface area contributed by atoms with Crippen LogP contribution in [0.5, 0.6) is 5.75 Å². The highest BCUT2D eigenvalue weighted by Crippen LogP contribution is 2.33. The van der Waals surface area contributed by atoms with Crippen molar-refractivity contribution in [3.05, 3.63) is 44.8 Å². The summed E-state index contributed by atoms with van der Waals surface area (Å²) in [4.78, 5) is 25.7. The van der Waals surface area contributed by atoms with Crippen LogP contribution in [-0.4, -0.2) is 24.6 Å². The van der Waals surface area contributed by atoms with Gasteiger partial charge >= 0.3 is 5.97 Å². The van der Waals surface area contributed by atoms with Crippen LogP contribution in [0.15, 0.2) is 18.2 Å². The molecule has 0 saturated carbocycles. The normalized spacial score (nSPS) is 11.8. The predicted octanol–water partition coefficient (Wildman–Crippen LogP) is 4.91. The van der Waals surface area contributed by atoms with Gasteiger partial charge in [0.25, 0.3) is 5.91 Å². The molecule has 1 N–H and O–H groups in total. The lowest BCUT2D eigenvalue weighted by atomic mass is 10.1. The molecule has 0 saturated heterocycles. The van der Waals surface area contributed by atoms with Crippen LogP contribution in [0.1, 0.15) is 40.2 Å². The van der Waals surface area contributed by atoms with Gasteiger partial charge in [-0.25, -0.2) is 4.79 Å². The third-order valence-corrected chi connectivity index (χ3v) is 5.27. The van der Waals surface area contributed by atoms with E-state index in [9.17, 15) is 9.59 Å². The molecule has 26 heavy (non-hydrogen) atoms. The van der Waals surface area contributed by atoms with Gasteiger partial charge < -0.3 is 14.8 Å². The minimum Gasteiger partial charge on any atom is -0.481 e. The second-order valence-electron chi connectivity index (χ2n) is 5.87. The van der Waals surface area contributed by atoms with E-state index < -0.39 is 12.1 Å². The van der Waals surface area contributed by atoms with E-state index in [0.717, 1.165) is 16.0 Å². The average Bonchev–Trinajstić information content (AvgIpc) is 2.84. The molecule has 1 heterocycles. The minimum atomic E-state index is -0.743. The number of thiophene rings is 1. The van der Waals surface area contributed by atoms with Crippen molar-refractivity contribution in [2.24, 2.45) is 0 Å². The number of carbonyl (C=O) groups excluding carboxylic acids is 2. The Morgan fingerprint density at radius 1 is 1.27 bits per heavy atom. The Hall–Kier alpha value is -2.05. The molecule has 0 radical (unpaired) electrons. The summed E-state index contributed by atoms with van der Waals surface area (Å²) in [6.07, 6.45) is -0.743. The smallest absolute Gasteiger partial charge is 0.341 e. The summed E-state index contributed by atoms with van der Waals surface area (Å²) in [6, 6.07) is 5.21. The summed E-state index contributed by atoms with van der Waals surface area (Å²) in [7, 11) is 0. The molecule has 0 spiro atoms. The molecular weight excluding hydrogens is 374 g/mol. The third-order valence-electron chi connectivity index (χ3n) is 3.91. The topological polar surface area (TPSA) is 64.6 Å². The zero-order valence-electron chi connectivity index (χ0n) is 15.4. The first-order valence-electron chi connectivity index (χ1n) is 8.25. The maximum atomic E-state index is 12.5. The number of benzene rings is 1. The number of ether oxygens (including phenoxy) is 2. The largest absolute Gasteiger partial charge is 0.481 e. The van der Waals surface area contributed by atoms with Crippen molar-refractivity contribution >= 4 is 39.8 Å². The van der Waals surface area contributed by atoms with E-state index in [2.05, 4.69) is 5.32 Å². The van der Waals surface area contributed by atoms with Crippen LogP contribution in [0.25, 0.3) is 0 Å². The number of amides is 1. The molecule has 5 nitrogen and oxygen atoms in total. The van der Waals surface area contributed by atoms with Gasteiger partial charge in [0.1, 0.15) is 10.8 Å². The molecule has 1 aromatic carbocycles. The first-order chi connectivity index (χ1) is 12.2. The highest BCUT2D eigenvalue weighted by atomic mass is 35.5. The maximum absolute atomic E-state index is 12.5. The van der Waals surface area contributed by atoms with Gasteiger partial charge in [0.2, 0.25) is 0 Å². The molecule has 1 aromatic heterocycles. The summed E-state index contributed by atoms with van der Waals surface area (Å²) in [5.41, 5.74) is 2.05. The Bertz CT molecular complexity index is 831. The van der Waals surface area contributed by atoms with E-state index in [1.165, 1.54) is 11.3 Å². The van der Waals surface area contributed by atoms with Gasteiger partial charge in [-0.1, -0.05) is 11.6 Å². The maximum Gasteiger partial charge on any atom is 0.341 e. The minimum absolute atomic E-state index is 0.274. The van der Waals surface area contributed by atoms with Crippen molar-refractivity contribution in [3.8, 4) is 5.75 Å². The van der Waals surface area contributed by atoms with Gasteiger partial charge in [-0.05, 0) is 63.9 Å². The van der Waals surface area contributed by atoms with Crippen LogP contribution in [0, 0.1) is 20.8 Å². The fraction of sp³-hybridized carbons (Fsp3) is 0.368. The molecule has 0 fully saturated rings. The molecule has 0 aliphatic carbocycles.